The van der Waals surface area contributed by atoms with Crippen LogP contribution < -0.4 is 5.32 Å². The zero-order valence-electron chi connectivity index (χ0n) is 17.1. The molecule has 0 spiro atoms. The summed E-state index contributed by atoms with van der Waals surface area (Å²) >= 11 is 0. The van der Waals surface area contributed by atoms with Gasteiger partial charge >= 0.3 is 0 Å². The second-order valence-corrected chi connectivity index (χ2v) is 7.68. The first-order valence-corrected chi connectivity index (χ1v) is 9.98. The highest BCUT2D eigenvalue weighted by molar-refractivity contribution is 14.0. The third kappa shape index (κ3) is 7.86. The van der Waals surface area contributed by atoms with Crippen LogP contribution in [0.15, 0.2) is 4.99 Å². The fourth-order valence-electron chi connectivity index (χ4n) is 3.84. The molecule has 2 unspecified atom stereocenters. The van der Waals surface area contributed by atoms with Crippen molar-refractivity contribution in [1.29, 1.82) is 0 Å². The first-order chi connectivity index (χ1) is 12.1. The first kappa shape index (κ1) is 23.9. The van der Waals surface area contributed by atoms with E-state index in [0.717, 1.165) is 65.0 Å². The Morgan fingerprint density at radius 1 is 1.27 bits per heavy atom. The van der Waals surface area contributed by atoms with Crippen molar-refractivity contribution in [3.8, 4) is 0 Å². The number of likely N-dealkylation sites (tertiary alicyclic amines) is 1. The molecule has 0 amide bonds. The van der Waals surface area contributed by atoms with Gasteiger partial charge in [0.05, 0.1) is 26.4 Å². The topological polar surface area (TPSA) is 49.3 Å². The fraction of sp³-hybridized carbons (Fsp3) is 0.947. The van der Waals surface area contributed by atoms with Crippen LogP contribution in [0.4, 0.5) is 0 Å². The number of nitrogens with one attached hydrogen (secondary N) is 1. The number of hydrogen-bond acceptors (Lipinski definition) is 4. The number of rotatable bonds is 8. The summed E-state index contributed by atoms with van der Waals surface area (Å²) in [5.41, 5.74) is 0. The minimum Gasteiger partial charge on any atom is -0.384 e. The normalized spacial score (nSPS) is 23.2. The number of hydrogen-bond donors (Lipinski definition) is 1. The molecule has 0 aromatic carbocycles. The van der Waals surface area contributed by atoms with E-state index in [2.05, 4.69) is 35.9 Å². The van der Waals surface area contributed by atoms with Crippen LogP contribution in [0.1, 0.15) is 33.6 Å². The predicted molar refractivity (Wildman–Crippen MR) is 119 cm³/mol. The SMILES string of the molecule is CCNC(=NCC(CC(C)C)N1CCOCC1)N1CCC(COC)C1.I. The van der Waals surface area contributed by atoms with Crippen LogP contribution in [0.2, 0.25) is 0 Å². The number of halogens is 1. The quantitative estimate of drug-likeness (QED) is 0.327. The lowest BCUT2D eigenvalue weighted by molar-refractivity contribution is 0.0142. The highest BCUT2D eigenvalue weighted by Gasteiger charge is 2.26. The van der Waals surface area contributed by atoms with Crippen molar-refractivity contribution < 1.29 is 9.47 Å². The molecule has 0 aromatic rings. The molecule has 2 atom stereocenters. The molecule has 1 N–H and O–H groups in total. The molecule has 0 bridgehead atoms. The van der Waals surface area contributed by atoms with E-state index in [4.69, 9.17) is 14.5 Å². The van der Waals surface area contributed by atoms with Crippen LogP contribution in [0.25, 0.3) is 0 Å². The Morgan fingerprint density at radius 3 is 2.62 bits per heavy atom. The molecule has 2 aliphatic heterocycles. The molecule has 2 fully saturated rings. The summed E-state index contributed by atoms with van der Waals surface area (Å²) in [5.74, 6) is 2.38. The Bertz CT molecular complexity index is 403. The Kier molecular flexibility index (Phi) is 12.1. The lowest BCUT2D eigenvalue weighted by Gasteiger charge is -2.35. The van der Waals surface area contributed by atoms with E-state index < -0.39 is 0 Å². The second kappa shape index (κ2) is 13.1. The predicted octanol–water partition coefficient (Wildman–Crippen LogP) is 2.29. The van der Waals surface area contributed by atoms with Gasteiger partial charge in [0.15, 0.2) is 5.96 Å². The monoisotopic (exact) mass is 482 g/mol. The van der Waals surface area contributed by atoms with Crippen LogP contribution in [0.3, 0.4) is 0 Å². The van der Waals surface area contributed by atoms with Crippen LogP contribution in [0.5, 0.6) is 0 Å². The second-order valence-electron chi connectivity index (χ2n) is 7.68. The van der Waals surface area contributed by atoms with E-state index in [1.165, 1.54) is 12.8 Å². The van der Waals surface area contributed by atoms with E-state index in [-0.39, 0.29) is 24.0 Å². The lowest BCUT2D eigenvalue weighted by atomic mass is 10.0. The largest absolute Gasteiger partial charge is 0.384 e. The molecular weight excluding hydrogens is 443 g/mol. The molecular formula is C19H39IN4O2. The van der Waals surface area contributed by atoms with E-state index in [0.29, 0.717) is 17.9 Å². The van der Waals surface area contributed by atoms with Gasteiger partial charge < -0.3 is 19.7 Å². The summed E-state index contributed by atoms with van der Waals surface area (Å²) in [5, 5.41) is 3.49. The number of ether oxygens (including phenoxy) is 2. The van der Waals surface area contributed by atoms with Gasteiger partial charge in [-0.3, -0.25) is 9.89 Å². The maximum Gasteiger partial charge on any atom is 0.193 e. The number of nitrogens with zero attached hydrogens (tertiary/aromatic N) is 3. The number of morpholine rings is 1. The minimum absolute atomic E-state index is 0. The molecule has 7 heteroatoms. The summed E-state index contributed by atoms with van der Waals surface area (Å²) in [6.07, 6.45) is 2.38. The van der Waals surface area contributed by atoms with Gasteiger partial charge in [-0.05, 0) is 25.7 Å². The van der Waals surface area contributed by atoms with Crippen molar-refractivity contribution >= 4 is 29.9 Å². The zero-order valence-corrected chi connectivity index (χ0v) is 19.4. The molecule has 2 saturated heterocycles. The van der Waals surface area contributed by atoms with Crippen molar-refractivity contribution in [1.82, 2.24) is 15.1 Å². The van der Waals surface area contributed by atoms with Crippen molar-refractivity contribution in [3.05, 3.63) is 0 Å². The van der Waals surface area contributed by atoms with Gasteiger partial charge in [0.2, 0.25) is 0 Å². The van der Waals surface area contributed by atoms with Crippen LogP contribution in [0, 0.1) is 11.8 Å². The average Bonchev–Trinajstić information content (AvgIpc) is 3.06. The maximum atomic E-state index is 5.53. The van der Waals surface area contributed by atoms with E-state index >= 15 is 0 Å². The average molecular weight is 482 g/mol. The van der Waals surface area contributed by atoms with Crippen LogP contribution in [-0.4, -0.2) is 88.0 Å². The van der Waals surface area contributed by atoms with Gasteiger partial charge in [0.25, 0.3) is 0 Å². The molecule has 2 aliphatic rings. The molecule has 0 aliphatic carbocycles. The standard InChI is InChI=1S/C19H38N4O2.HI/c1-5-20-19(23-7-6-17(14-23)15-24-4)21-13-18(12-16(2)3)22-8-10-25-11-9-22;/h16-18H,5-15H2,1-4H3,(H,20,21);1H. The fourth-order valence-corrected chi connectivity index (χ4v) is 3.84. The molecule has 0 radical (unpaired) electrons. The van der Waals surface area contributed by atoms with Gasteiger partial charge in [-0.15, -0.1) is 24.0 Å². The summed E-state index contributed by atoms with van der Waals surface area (Å²) in [6, 6.07) is 0.509. The third-order valence-electron chi connectivity index (χ3n) is 5.08. The molecule has 26 heavy (non-hydrogen) atoms. The lowest BCUT2D eigenvalue weighted by Crippen LogP contribution is -2.46. The Labute approximate surface area is 177 Å². The Morgan fingerprint density at radius 2 is 2.00 bits per heavy atom. The third-order valence-corrected chi connectivity index (χ3v) is 5.08. The highest BCUT2D eigenvalue weighted by Crippen LogP contribution is 2.18. The molecule has 6 nitrogen and oxygen atoms in total. The van der Waals surface area contributed by atoms with E-state index in [1.807, 2.05) is 0 Å². The van der Waals surface area contributed by atoms with Gasteiger partial charge in [-0.25, -0.2) is 0 Å². The molecule has 154 valence electrons. The van der Waals surface area contributed by atoms with Gasteiger partial charge in [0, 0.05) is 51.8 Å². The van der Waals surface area contributed by atoms with Gasteiger partial charge in [0.1, 0.15) is 0 Å². The molecule has 0 aromatic heterocycles. The number of aliphatic imine (C=N–C) groups is 1. The highest BCUT2D eigenvalue weighted by atomic mass is 127. The molecule has 0 saturated carbocycles. The van der Waals surface area contributed by atoms with Crippen molar-refractivity contribution in [2.45, 2.75) is 39.7 Å². The van der Waals surface area contributed by atoms with Gasteiger partial charge in [-0.2, -0.15) is 0 Å². The van der Waals surface area contributed by atoms with E-state index in [9.17, 15) is 0 Å². The summed E-state index contributed by atoms with van der Waals surface area (Å²) < 4.78 is 10.9. The first-order valence-electron chi connectivity index (χ1n) is 9.98. The van der Waals surface area contributed by atoms with Gasteiger partial charge in [-0.1, -0.05) is 13.8 Å². The molecule has 2 rings (SSSR count). The zero-order chi connectivity index (χ0) is 18.1. The van der Waals surface area contributed by atoms with Crippen LogP contribution >= 0.6 is 24.0 Å². The Hall–Kier alpha value is -0.120. The van der Waals surface area contributed by atoms with Crippen molar-refractivity contribution in [2.75, 3.05) is 66.2 Å². The van der Waals surface area contributed by atoms with Crippen molar-refractivity contribution in [3.63, 3.8) is 0 Å². The molecule has 2 heterocycles. The minimum atomic E-state index is 0. The van der Waals surface area contributed by atoms with Crippen molar-refractivity contribution in [2.24, 2.45) is 16.8 Å². The Balaban J connectivity index is 0.00000338. The van der Waals surface area contributed by atoms with E-state index in [1.54, 1.807) is 7.11 Å². The number of methoxy groups -OCH3 is 1. The summed E-state index contributed by atoms with van der Waals surface area (Å²) in [6.45, 7) is 15.3. The van der Waals surface area contributed by atoms with Crippen LogP contribution in [-0.2, 0) is 9.47 Å². The summed E-state index contributed by atoms with van der Waals surface area (Å²) in [7, 11) is 1.79. The summed E-state index contributed by atoms with van der Waals surface area (Å²) in [4.78, 5) is 9.99. The maximum absolute atomic E-state index is 5.53. The number of guanidine groups is 1. The smallest absolute Gasteiger partial charge is 0.193 e.